The van der Waals surface area contributed by atoms with Gasteiger partial charge in [0.15, 0.2) is 0 Å². The number of carbonyl (C=O) groups is 1. The molecule has 0 bridgehead atoms. The number of hydrogen-bond donors (Lipinski definition) is 1. The van der Waals surface area contributed by atoms with Gasteiger partial charge in [0.2, 0.25) is 0 Å². The van der Waals surface area contributed by atoms with E-state index in [0.717, 1.165) is 12.1 Å². The summed E-state index contributed by atoms with van der Waals surface area (Å²) in [5.74, 6) is 0.00874. The number of alkyl halides is 3. The first-order valence-corrected chi connectivity index (χ1v) is 9.88. The van der Waals surface area contributed by atoms with E-state index in [-0.39, 0.29) is 29.7 Å². The van der Waals surface area contributed by atoms with Crippen molar-refractivity contribution in [2.45, 2.75) is 19.1 Å². The lowest BCUT2D eigenvalue weighted by Crippen LogP contribution is -2.42. The highest BCUT2D eigenvalue weighted by Crippen LogP contribution is 2.38. The molecular formula is C21H16ClF3N6O. The fraction of sp³-hybridized carbons (Fsp3) is 0.238. The van der Waals surface area contributed by atoms with E-state index in [9.17, 15) is 23.2 Å². The number of hydrogen-bond acceptors (Lipinski definition) is 5. The lowest BCUT2D eigenvalue weighted by Gasteiger charge is -2.32. The van der Waals surface area contributed by atoms with Gasteiger partial charge in [0.25, 0.3) is 5.91 Å². The monoisotopic (exact) mass is 460 g/mol. The van der Waals surface area contributed by atoms with Crippen molar-refractivity contribution in [3.8, 4) is 17.2 Å². The molecule has 0 saturated heterocycles. The van der Waals surface area contributed by atoms with E-state index in [0.29, 0.717) is 16.9 Å². The van der Waals surface area contributed by atoms with Crippen molar-refractivity contribution >= 4 is 29.0 Å². The van der Waals surface area contributed by atoms with Gasteiger partial charge in [-0.2, -0.15) is 23.5 Å². The number of fused-ring (bicyclic) bond motifs is 1. The van der Waals surface area contributed by atoms with Gasteiger partial charge in [-0.3, -0.25) is 9.48 Å². The number of nitriles is 1. The molecule has 1 amide bonds. The maximum absolute atomic E-state index is 13.4. The molecular weight excluding hydrogens is 445 g/mol. The minimum atomic E-state index is -4.59. The zero-order chi connectivity index (χ0) is 23.2. The standard InChI is InChI=1S/C21H16ClF3N6O/c1-11-10-30(14-3-4-16(17(22)7-14)21(23,24)25)20(32)19-15(9-28-31(11)19)12-5-13(8-26)29-18(6-12)27-2/h3-7,9,11H,10H2,1-2H3,(H,27,29)/t11-/m0/s1. The van der Waals surface area contributed by atoms with E-state index in [1.54, 1.807) is 23.9 Å². The number of amides is 1. The molecule has 1 atom stereocenters. The zero-order valence-electron chi connectivity index (χ0n) is 16.9. The Bertz CT molecular complexity index is 1260. The van der Waals surface area contributed by atoms with Crippen LogP contribution in [0.25, 0.3) is 11.1 Å². The van der Waals surface area contributed by atoms with E-state index >= 15 is 0 Å². The molecule has 32 heavy (non-hydrogen) atoms. The second kappa shape index (κ2) is 7.84. The summed E-state index contributed by atoms with van der Waals surface area (Å²) < 4.78 is 40.8. The number of rotatable bonds is 3. The normalized spacial score (nSPS) is 16.0. The lowest BCUT2D eigenvalue weighted by atomic mass is 10.0. The molecule has 0 aliphatic carbocycles. The van der Waals surface area contributed by atoms with Crippen molar-refractivity contribution in [2.75, 3.05) is 23.8 Å². The van der Waals surface area contributed by atoms with Crippen LogP contribution in [0.2, 0.25) is 5.02 Å². The molecule has 0 saturated carbocycles. The Balaban J connectivity index is 1.80. The van der Waals surface area contributed by atoms with Crippen molar-refractivity contribution in [2.24, 2.45) is 0 Å². The van der Waals surface area contributed by atoms with Gasteiger partial charge in [0.1, 0.15) is 23.3 Å². The number of nitrogens with one attached hydrogen (secondary N) is 1. The van der Waals surface area contributed by atoms with Crippen LogP contribution in [0.4, 0.5) is 24.7 Å². The minimum absolute atomic E-state index is 0.162. The van der Waals surface area contributed by atoms with Crippen LogP contribution in [0.3, 0.4) is 0 Å². The number of carbonyl (C=O) groups excluding carboxylic acids is 1. The molecule has 2 aromatic heterocycles. The molecule has 11 heteroatoms. The SMILES string of the molecule is CNc1cc(-c2cnn3c2C(=O)N(c2ccc(C(F)(F)F)c(Cl)c2)C[C@@H]3C)cc(C#N)n1. The maximum atomic E-state index is 13.4. The van der Waals surface area contributed by atoms with Gasteiger partial charge >= 0.3 is 6.18 Å². The third-order valence-corrected chi connectivity index (χ3v) is 5.50. The average Bonchev–Trinajstić information content (AvgIpc) is 3.21. The Morgan fingerprint density at radius 1 is 1.28 bits per heavy atom. The van der Waals surface area contributed by atoms with Gasteiger partial charge in [-0.15, -0.1) is 0 Å². The third kappa shape index (κ3) is 3.65. The highest BCUT2D eigenvalue weighted by Gasteiger charge is 2.36. The number of pyridine rings is 1. The largest absolute Gasteiger partial charge is 0.417 e. The molecule has 0 fully saturated rings. The van der Waals surface area contributed by atoms with Gasteiger partial charge in [0.05, 0.1) is 22.8 Å². The van der Waals surface area contributed by atoms with Crippen molar-refractivity contribution in [1.82, 2.24) is 14.8 Å². The Morgan fingerprint density at radius 2 is 2.03 bits per heavy atom. The first-order valence-electron chi connectivity index (χ1n) is 9.50. The summed E-state index contributed by atoms with van der Waals surface area (Å²) >= 11 is 5.87. The molecule has 7 nitrogen and oxygen atoms in total. The highest BCUT2D eigenvalue weighted by molar-refractivity contribution is 6.31. The Hall–Kier alpha value is -3.58. The molecule has 0 unspecified atom stereocenters. The van der Waals surface area contributed by atoms with Crippen LogP contribution in [-0.2, 0) is 6.18 Å². The van der Waals surface area contributed by atoms with Gasteiger partial charge in [-0.25, -0.2) is 4.98 Å². The number of anilines is 2. The maximum Gasteiger partial charge on any atom is 0.417 e. The fourth-order valence-corrected chi connectivity index (χ4v) is 3.95. The van der Waals surface area contributed by atoms with E-state index in [1.165, 1.54) is 17.2 Å². The van der Waals surface area contributed by atoms with Crippen LogP contribution < -0.4 is 10.2 Å². The summed E-state index contributed by atoms with van der Waals surface area (Å²) in [7, 11) is 1.66. The molecule has 1 aromatic carbocycles. The third-order valence-electron chi connectivity index (χ3n) is 5.18. The Labute approximate surface area is 186 Å². The summed E-state index contributed by atoms with van der Waals surface area (Å²) in [6, 6.07) is 8.19. The molecule has 1 N–H and O–H groups in total. The zero-order valence-corrected chi connectivity index (χ0v) is 17.7. The highest BCUT2D eigenvalue weighted by atomic mass is 35.5. The molecule has 164 valence electrons. The Kier molecular flexibility index (Phi) is 5.30. The average molecular weight is 461 g/mol. The fourth-order valence-electron chi connectivity index (χ4n) is 3.67. The van der Waals surface area contributed by atoms with E-state index in [1.807, 2.05) is 13.0 Å². The van der Waals surface area contributed by atoms with Crippen molar-refractivity contribution in [1.29, 1.82) is 5.26 Å². The van der Waals surface area contributed by atoms with Crippen LogP contribution in [0.5, 0.6) is 0 Å². The van der Waals surface area contributed by atoms with Crippen molar-refractivity contribution < 1.29 is 18.0 Å². The predicted octanol–water partition coefficient (Wildman–Crippen LogP) is 4.75. The van der Waals surface area contributed by atoms with E-state index < -0.39 is 22.7 Å². The quantitative estimate of drug-likeness (QED) is 0.609. The number of halogens is 4. The topological polar surface area (TPSA) is 86.8 Å². The summed E-state index contributed by atoms with van der Waals surface area (Å²) in [6.45, 7) is 2.05. The molecule has 1 aliphatic heterocycles. The van der Waals surface area contributed by atoms with Gasteiger partial charge in [-0.1, -0.05) is 11.6 Å². The molecule has 0 radical (unpaired) electrons. The molecule has 4 rings (SSSR count). The van der Waals surface area contributed by atoms with Crippen molar-refractivity contribution in [3.05, 3.63) is 58.5 Å². The van der Waals surface area contributed by atoms with E-state index in [2.05, 4.69) is 15.4 Å². The van der Waals surface area contributed by atoms with Crippen LogP contribution in [0.15, 0.2) is 36.5 Å². The molecule has 1 aliphatic rings. The summed E-state index contributed by atoms with van der Waals surface area (Å²) in [6.07, 6.45) is -3.06. The number of aromatic nitrogens is 3. The number of benzene rings is 1. The predicted molar refractivity (Wildman–Crippen MR) is 113 cm³/mol. The smallest absolute Gasteiger partial charge is 0.373 e. The van der Waals surface area contributed by atoms with Gasteiger partial charge < -0.3 is 10.2 Å². The summed E-state index contributed by atoms with van der Waals surface area (Å²) in [4.78, 5) is 18.9. The second-order valence-corrected chi connectivity index (χ2v) is 7.67. The molecule has 0 spiro atoms. The van der Waals surface area contributed by atoms with Gasteiger partial charge in [-0.05, 0) is 42.8 Å². The van der Waals surface area contributed by atoms with Crippen molar-refractivity contribution in [3.63, 3.8) is 0 Å². The number of nitrogens with zero attached hydrogens (tertiary/aromatic N) is 5. The second-order valence-electron chi connectivity index (χ2n) is 7.27. The summed E-state index contributed by atoms with van der Waals surface area (Å²) in [5.41, 5.74) is 0.759. The lowest BCUT2D eigenvalue weighted by molar-refractivity contribution is -0.137. The van der Waals surface area contributed by atoms with Crippen LogP contribution >= 0.6 is 11.6 Å². The van der Waals surface area contributed by atoms with Crippen LogP contribution in [0.1, 0.15) is 34.7 Å². The minimum Gasteiger partial charge on any atom is -0.373 e. The first-order chi connectivity index (χ1) is 15.1. The van der Waals surface area contributed by atoms with Crippen LogP contribution in [-0.4, -0.2) is 34.3 Å². The van der Waals surface area contributed by atoms with Crippen LogP contribution in [0, 0.1) is 11.3 Å². The van der Waals surface area contributed by atoms with Gasteiger partial charge in [0, 0.05) is 24.8 Å². The molecule has 3 heterocycles. The summed E-state index contributed by atoms with van der Waals surface area (Å²) in [5, 5.41) is 16.0. The van der Waals surface area contributed by atoms with E-state index in [4.69, 9.17) is 11.6 Å². The first kappa shape index (κ1) is 21.6. The molecule has 3 aromatic rings. The Morgan fingerprint density at radius 3 is 2.66 bits per heavy atom.